The molecule has 1 aromatic heterocycles. The summed E-state index contributed by atoms with van der Waals surface area (Å²) < 4.78 is 0. The second kappa shape index (κ2) is 7.98. The van der Waals surface area contributed by atoms with Crippen molar-refractivity contribution in [1.29, 1.82) is 0 Å². The monoisotopic (exact) mass is 364 g/mol. The van der Waals surface area contributed by atoms with Crippen molar-refractivity contribution in [3.05, 3.63) is 27.3 Å². The Bertz CT molecular complexity index is 649. The highest BCUT2D eigenvalue weighted by Gasteiger charge is 2.36. The molecule has 2 aliphatic rings. The Morgan fingerprint density at radius 3 is 2.79 bits per heavy atom. The van der Waals surface area contributed by atoms with Gasteiger partial charge in [-0.15, -0.1) is 11.3 Å². The summed E-state index contributed by atoms with van der Waals surface area (Å²) in [5.74, 6) is -0.122. The van der Waals surface area contributed by atoms with Gasteiger partial charge >= 0.3 is 0 Å². The van der Waals surface area contributed by atoms with Gasteiger partial charge in [0.15, 0.2) is 0 Å². The van der Waals surface area contributed by atoms with E-state index in [2.05, 4.69) is 5.32 Å². The molecule has 0 radical (unpaired) electrons. The predicted molar refractivity (Wildman–Crippen MR) is 96.6 cm³/mol. The quantitative estimate of drug-likeness (QED) is 0.812. The fourth-order valence-corrected chi connectivity index (χ4v) is 4.55. The van der Waals surface area contributed by atoms with E-state index in [0.717, 1.165) is 34.4 Å². The number of nitrogens with zero attached hydrogens (tertiary/aromatic N) is 1. The van der Waals surface area contributed by atoms with E-state index in [-0.39, 0.29) is 23.6 Å². The first-order valence-corrected chi connectivity index (χ1v) is 9.88. The highest BCUT2D eigenvalue weighted by molar-refractivity contribution is 8.18. The number of thiophene rings is 1. The van der Waals surface area contributed by atoms with Crippen LogP contribution in [0, 0.1) is 5.92 Å². The van der Waals surface area contributed by atoms with Gasteiger partial charge in [-0.05, 0) is 48.0 Å². The third-order valence-electron chi connectivity index (χ3n) is 4.30. The van der Waals surface area contributed by atoms with Crippen LogP contribution in [-0.4, -0.2) is 35.0 Å². The molecule has 2 heterocycles. The average Bonchev–Trinajstić information content (AvgIpc) is 3.18. The number of imide groups is 1. The van der Waals surface area contributed by atoms with Crippen molar-refractivity contribution in [2.45, 2.75) is 32.1 Å². The van der Waals surface area contributed by atoms with Gasteiger partial charge < -0.3 is 5.32 Å². The molecule has 2 fully saturated rings. The lowest BCUT2D eigenvalue weighted by Gasteiger charge is -2.22. The SMILES string of the molecule is O=C(CN1C(=O)S/C(=C\c2cccs2)C1=O)NCC1CCCCC1. The van der Waals surface area contributed by atoms with E-state index in [0.29, 0.717) is 17.4 Å². The lowest BCUT2D eigenvalue weighted by atomic mass is 9.89. The maximum atomic E-state index is 12.3. The minimum atomic E-state index is -0.383. The molecule has 0 unspecified atom stereocenters. The van der Waals surface area contributed by atoms with E-state index < -0.39 is 0 Å². The van der Waals surface area contributed by atoms with Crippen LogP contribution in [0.2, 0.25) is 0 Å². The fourth-order valence-electron chi connectivity index (χ4n) is 2.99. The lowest BCUT2D eigenvalue weighted by molar-refractivity contribution is -0.129. The summed E-state index contributed by atoms with van der Waals surface area (Å²) in [4.78, 5) is 38.7. The number of rotatable bonds is 5. The zero-order chi connectivity index (χ0) is 16.9. The van der Waals surface area contributed by atoms with Gasteiger partial charge in [-0.1, -0.05) is 25.3 Å². The molecule has 0 spiro atoms. The first-order chi connectivity index (χ1) is 11.6. The fraction of sp³-hybridized carbons (Fsp3) is 0.471. The maximum absolute atomic E-state index is 12.3. The summed E-state index contributed by atoms with van der Waals surface area (Å²) in [5, 5.41) is 4.40. The van der Waals surface area contributed by atoms with Crippen LogP contribution < -0.4 is 5.32 Å². The molecule has 3 amide bonds. The molecule has 1 saturated carbocycles. The van der Waals surface area contributed by atoms with Crippen LogP contribution in [0.1, 0.15) is 37.0 Å². The van der Waals surface area contributed by atoms with Crippen molar-refractivity contribution in [3.8, 4) is 0 Å². The number of hydrogen-bond donors (Lipinski definition) is 1. The molecule has 5 nitrogen and oxygen atoms in total. The Hall–Kier alpha value is -1.60. The number of thioether (sulfide) groups is 1. The Labute approximate surface area is 149 Å². The predicted octanol–water partition coefficient (Wildman–Crippen LogP) is 3.48. The molecule has 1 aliphatic carbocycles. The van der Waals surface area contributed by atoms with Gasteiger partial charge in [0.1, 0.15) is 6.54 Å². The van der Waals surface area contributed by atoms with Crippen LogP contribution in [0.5, 0.6) is 0 Å². The van der Waals surface area contributed by atoms with Gasteiger partial charge in [0.2, 0.25) is 5.91 Å². The van der Waals surface area contributed by atoms with Crippen LogP contribution in [0.25, 0.3) is 6.08 Å². The highest BCUT2D eigenvalue weighted by atomic mass is 32.2. The normalized spacial score (nSPS) is 20.8. The standard InChI is InChI=1S/C17H20N2O3S2/c20-15(18-10-12-5-2-1-3-6-12)11-19-16(21)14(24-17(19)22)9-13-7-4-8-23-13/h4,7-9,12H,1-3,5-6,10-11H2,(H,18,20)/b14-9-. The Kier molecular flexibility index (Phi) is 5.73. The minimum Gasteiger partial charge on any atom is -0.354 e. The lowest BCUT2D eigenvalue weighted by Crippen LogP contribution is -2.41. The molecular weight excluding hydrogens is 344 g/mol. The average molecular weight is 364 g/mol. The van der Waals surface area contributed by atoms with Crippen molar-refractivity contribution in [1.82, 2.24) is 10.2 Å². The van der Waals surface area contributed by atoms with Gasteiger partial charge in [0.25, 0.3) is 11.1 Å². The van der Waals surface area contributed by atoms with Crippen LogP contribution in [-0.2, 0) is 9.59 Å². The molecule has 1 saturated heterocycles. The molecule has 128 valence electrons. The van der Waals surface area contributed by atoms with Crippen molar-refractivity contribution < 1.29 is 14.4 Å². The summed E-state index contributed by atoms with van der Waals surface area (Å²) in [6, 6.07) is 3.77. The van der Waals surface area contributed by atoms with E-state index in [4.69, 9.17) is 0 Å². The highest BCUT2D eigenvalue weighted by Crippen LogP contribution is 2.32. The largest absolute Gasteiger partial charge is 0.354 e. The zero-order valence-electron chi connectivity index (χ0n) is 13.3. The van der Waals surface area contributed by atoms with E-state index in [1.165, 1.54) is 30.6 Å². The van der Waals surface area contributed by atoms with Crippen LogP contribution in [0.4, 0.5) is 4.79 Å². The molecule has 0 atom stereocenters. The van der Waals surface area contributed by atoms with Crippen molar-refractivity contribution in [2.24, 2.45) is 5.92 Å². The summed E-state index contributed by atoms with van der Waals surface area (Å²) in [7, 11) is 0. The van der Waals surface area contributed by atoms with Gasteiger partial charge in [-0.2, -0.15) is 0 Å². The molecule has 24 heavy (non-hydrogen) atoms. The number of hydrogen-bond acceptors (Lipinski definition) is 5. The molecule has 0 aromatic carbocycles. The second-order valence-corrected chi connectivity index (χ2v) is 8.06. The van der Waals surface area contributed by atoms with Gasteiger partial charge in [0, 0.05) is 11.4 Å². The summed E-state index contributed by atoms with van der Waals surface area (Å²) in [5.41, 5.74) is 0. The van der Waals surface area contributed by atoms with Gasteiger partial charge in [0.05, 0.1) is 4.91 Å². The van der Waals surface area contributed by atoms with Crippen molar-refractivity contribution in [3.63, 3.8) is 0 Å². The second-order valence-electron chi connectivity index (χ2n) is 6.09. The number of amides is 3. The number of carbonyl (C=O) groups excluding carboxylic acids is 3. The molecule has 1 aromatic rings. The Morgan fingerprint density at radius 2 is 2.08 bits per heavy atom. The third kappa shape index (κ3) is 4.27. The van der Waals surface area contributed by atoms with Crippen LogP contribution in [0.3, 0.4) is 0 Å². The zero-order valence-corrected chi connectivity index (χ0v) is 15.0. The molecule has 0 bridgehead atoms. The topological polar surface area (TPSA) is 66.5 Å². The number of nitrogens with one attached hydrogen (secondary N) is 1. The Morgan fingerprint density at radius 1 is 1.29 bits per heavy atom. The molecule has 7 heteroatoms. The van der Waals surface area contributed by atoms with Gasteiger partial charge in [-0.3, -0.25) is 19.3 Å². The molecule has 1 aliphatic heterocycles. The summed E-state index contributed by atoms with van der Waals surface area (Å²) in [6.07, 6.45) is 7.71. The number of carbonyl (C=O) groups is 3. The van der Waals surface area contributed by atoms with E-state index in [9.17, 15) is 14.4 Å². The molecule has 3 rings (SSSR count). The summed E-state index contributed by atoms with van der Waals surface area (Å²) in [6.45, 7) is 0.444. The Balaban J connectivity index is 1.53. The molecular formula is C17H20N2O3S2. The van der Waals surface area contributed by atoms with Crippen molar-refractivity contribution in [2.75, 3.05) is 13.1 Å². The van der Waals surface area contributed by atoms with Gasteiger partial charge in [-0.25, -0.2) is 0 Å². The smallest absolute Gasteiger partial charge is 0.294 e. The first kappa shape index (κ1) is 17.2. The van der Waals surface area contributed by atoms with Crippen LogP contribution in [0.15, 0.2) is 22.4 Å². The van der Waals surface area contributed by atoms with E-state index in [1.54, 1.807) is 6.08 Å². The van der Waals surface area contributed by atoms with Crippen LogP contribution >= 0.6 is 23.1 Å². The third-order valence-corrected chi connectivity index (χ3v) is 6.03. The maximum Gasteiger partial charge on any atom is 0.294 e. The van der Waals surface area contributed by atoms with E-state index >= 15 is 0 Å². The van der Waals surface area contributed by atoms with Crippen molar-refractivity contribution >= 4 is 46.2 Å². The summed E-state index contributed by atoms with van der Waals surface area (Å²) >= 11 is 2.39. The molecule has 1 N–H and O–H groups in total. The first-order valence-electron chi connectivity index (χ1n) is 8.19. The minimum absolute atomic E-state index is 0.195. The van der Waals surface area contributed by atoms with E-state index in [1.807, 2.05) is 17.5 Å².